The number of aromatic nitrogens is 4. The molecule has 0 atom stereocenters. The number of nitrogens with zero attached hydrogens (tertiary/aromatic N) is 2. The largest absolute Gasteiger partial charge is 0.384 e. The summed E-state index contributed by atoms with van der Waals surface area (Å²) < 4.78 is 0. The van der Waals surface area contributed by atoms with Crippen molar-refractivity contribution in [2.45, 2.75) is 0 Å². The molecule has 0 fully saturated rings. The Balaban J connectivity index is 1.82. The van der Waals surface area contributed by atoms with Crippen molar-refractivity contribution >= 4 is 33.7 Å². The van der Waals surface area contributed by atoms with Crippen molar-refractivity contribution in [3.63, 3.8) is 0 Å². The van der Waals surface area contributed by atoms with Crippen molar-refractivity contribution < 1.29 is 0 Å². The highest BCUT2D eigenvalue weighted by molar-refractivity contribution is 5.99. The minimum Gasteiger partial charge on any atom is -0.384 e. The van der Waals surface area contributed by atoms with Gasteiger partial charge in [-0.15, -0.1) is 0 Å². The summed E-state index contributed by atoms with van der Waals surface area (Å²) in [6, 6.07) is 10.7. The van der Waals surface area contributed by atoms with E-state index < -0.39 is 0 Å². The van der Waals surface area contributed by atoms with Crippen LogP contribution in [0.25, 0.3) is 33.7 Å². The molecule has 0 bridgehead atoms. The number of fused-ring (bicyclic) bond motifs is 2. The summed E-state index contributed by atoms with van der Waals surface area (Å²) in [7, 11) is 0. The molecule has 0 radical (unpaired) electrons. The van der Waals surface area contributed by atoms with Crippen LogP contribution in [0.4, 0.5) is 0 Å². The van der Waals surface area contributed by atoms with Gasteiger partial charge in [0, 0.05) is 11.1 Å². The van der Waals surface area contributed by atoms with Crippen LogP contribution in [0.1, 0.15) is 11.1 Å². The van der Waals surface area contributed by atoms with Crippen LogP contribution in [0.15, 0.2) is 36.4 Å². The Kier molecular flexibility index (Phi) is 2.86. The van der Waals surface area contributed by atoms with Gasteiger partial charge in [0.25, 0.3) is 0 Å². The summed E-state index contributed by atoms with van der Waals surface area (Å²) in [4.78, 5) is 15.4. The summed E-state index contributed by atoms with van der Waals surface area (Å²) in [5.41, 5.74) is 15.4. The Bertz CT molecular complexity index is 1030. The van der Waals surface area contributed by atoms with Crippen molar-refractivity contribution in [2.24, 2.45) is 11.5 Å². The highest BCUT2D eigenvalue weighted by Crippen LogP contribution is 2.22. The molecule has 4 rings (SSSR count). The van der Waals surface area contributed by atoms with Crippen LogP contribution in [-0.2, 0) is 0 Å². The summed E-state index contributed by atoms with van der Waals surface area (Å²) in [6.07, 6.45) is 0. The zero-order chi connectivity index (χ0) is 16.8. The molecule has 8 N–H and O–H groups in total. The third kappa shape index (κ3) is 2.17. The smallest absolute Gasteiger partial charge is 0.174 e. The highest BCUT2D eigenvalue weighted by Gasteiger charge is 2.11. The normalized spacial score (nSPS) is 11.2. The van der Waals surface area contributed by atoms with E-state index in [1.807, 2.05) is 12.1 Å². The molecule has 0 unspecified atom stereocenters. The quantitative estimate of drug-likeness (QED) is 0.251. The molecule has 0 spiro atoms. The zero-order valence-electron chi connectivity index (χ0n) is 12.5. The number of hydrogen-bond donors (Lipinski definition) is 6. The van der Waals surface area contributed by atoms with E-state index >= 15 is 0 Å². The first-order valence-corrected chi connectivity index (χ1v) is 7.20. The topological polar surface area (TPSA) is 157 Å². The second-order valence-electron chi connectivity index (χ2n) is 5.46. The Morgan fingerprint density at radius 2 is 1.17 bits per heavy atom. The van der Waals surface area contributed by atoms with Crippen LogP contribution in [0, 0.1) is 10.8 Å². The zero-order valence-corrected chi connectivity index (χ0v) is 12.5. The highest BCUT2D eigenvalue weighted by atomic mass is 15.0. The number of nitrogens with two attached hydrogens (primary N) is 2. The molecule has 2 heterocycles. The van der Waals surface area contributed by atoms with E-state index in [1.54, 1.807) is 24.3 Å². The average Bonchev–Trinajstić information content (AvgIpc) is 3.16. The molecule has 0 saturated carbocycles. The Labute approximate surface area is 135 Å². The lowest BCUT2D eigenvalue weighted by Gasteiger charge is -1.96. The van der Waals surface area contributed by atoms with E-state index in [4.69, 9.17) is 22.3 Å². The van der Waals surface area contributed by atoms with Gasteiger partial charge in [-0.2, -0.15) is 0 Å². The molecule has 2 aromatic carbocycles. The number of hydrogen-bond acceptors (Lipinski definition) is 4. The molecule has 0 aliphatic heterocycles. The predicted octanol–water partition coefficient (Wildman–Crippen LogP) is 1.67. The number of imidazole rings is 2. The first-order chi connectivity index (χ1) is 11.5. The van der Waals surface area contributed by atoms with Crippen molar-refractivity contribution in [3.05, 3.63) is 47.5 Å². The van der Waals surface area contributed by atoms with Gasteiger partial charge in [-0.1, -0.05) is 0 Å². The predicted molar refractivity (Wildman–Crippen MR) is 93.2 cm³/mol. The Hall–Kier alpha value is -3.68. The van der Waals surface area contributed by atoms with Gasteiger partial charge in [0.2, 0.25) is 0 Å². The van der Waals surface area contributed by atoms with Crippen LogP contribution in [0.2, 0.25) is 0 Å². The van der Waals surface area contributed by atoms with Crippen molar-refractivity contribution in [3.8, 4) is 11.6 Å². The van der Waals surface area contributed by atoms with Crippen molar-refractivity contribution in [2.75, 3.05) is 0 Å². The minimum absolute atomic E-state index is 0.00792. The number of amidine groups is 2. The molecular weight excluding hydrogens is 304 g/mol. The fraction of sp³-hybridized carbons (Fsp3) is 0. The lowest BCUT2D eigenvalue weighted by Crippen LogP contribution is -2.10. The van der Waals surface area contributed by atoms with Gasteiger partial charge in [0.1, 0.15) is 11.7 Å². The van der Waals surface area contributed by atoms with Gasteiger partial charge in [0.15, 0.2) is 11.6 Å². The number of nitrogen functional groups attached to an aromatic ring is 2. The number of nitrogens with one attached hydrogen (secondary N) is 4. The SMILES string of the molecule is N=C(N)c1ccc2nc(-c3nc4ccc(C(=N)N)cc4[nH]3)[nH]c2c1. The fourth-order valence-electron chi connectivity index (χ4n) is 2.58. The van der Waals surface area contributed by atoms with Crippen LogP contribution >= 0.6 is 0 Å². The third-order valence-corrected chi connectivity index (χ3v) is 3.81. The molecule has 4 aromatic rings. The Morgan fingerprint density at radius 1 is 0.750 bits per heavy atom. The molecule has 118 valence electrons. The summed E-state index contributed by atoms with van der Waals surface area (Å²) >= 11 is 0. The number of rotatable bonds is 3. The summed E-state index contributed by atoms with van der Waals surface area (Å²) in [6.45, 7) is 0. The van der Waals surface area contributed by atoms with Crippen LogP contribution in [0.5, 0.6) is 0 Å². The van der Waals surface area contributed by atoms with Crippen LogP contribution in [-0.4, -0.2) is 31.6 Å². The van der Waals surface area contributed by atoms with E-state index in [-0.39, 0.29) is 11.7 Å². The van der Waals surface area contributed by atoms with Gasteiger partial charge < -0.3 is 21.4 Å². The van der Waals surface area contributed by atoms with Gasteiger partial charge >= 0.3 is 0 Å². The van der Waals surface area contributed by atoms with Crippen LogP contribution in [0.3, 0.4) is 0 Å². The first-order valence-electron chi connectivity index (χ1n) is 7.20. The monoisotopic (exact) mass is 318 g/mol. The molecule has 0 aliphatic carbocycles. The molecule has 0 aliphatic rings. The molecule has 0 amide bonds. The fourth-order valence-corrected chi connectivity index (χ4v) is 2.58. The van der Waals surface area contributed by atoms with Crippen LogP contribution < -0.4 is 11.5 Å². The lowest BCUT2D eigenvalue weighted by molar-refractivity contribution is 1.22. The molecule has 0 saturated heterocycles. The van der Waals surface area contributed by atoms with Crippen molar-refractivity contribution in [1.29, 1.82) is 10.8 Å². The maximum atomic E-state index is 7.51. The second kappa shape index (κ2) is 4.92. The van der Waals surface area contributed by atoms with E-state index in [1.165, 1.54) is 0 Å². The number of benzene rings is 2. The van der Waals surface area contributed by atoms with E-state index in [0.717, 1.165) is 22.1 Å². The maximum Gasteiger partial charge on any atom is 0.174 e. The molecule has 8 heteroatoms. The van der Waals surface area contributed by atoms with Gasteiger partial charge in [-0.3, -0.25) is 10.8 Å². The summed E-state index contributed by atoms with van der Waals surface area (Å²) in [5.74, 6) is 1.19. The molecule has 24 heavy (non-hydrogen) atoms. The van der Waals surface area contributed by atoms with E-state index in [2.05, 4.69) is 19.9 Å². The standard InChI is InChI=1S/C16H14N8/c17-13(18)7-1-3-9-11(5-7)23-15(21-9)16-22-10-4-2-8(14(19)20)6-12(10)24-16/h1-6H,(H3,17,18)(H3,19,20)(H,21,23)(H,22,24). The third-order valence-electron chi connectivity index (χ3n) is 3.81. The van der Waals surface area contributed by atoms with Gasteiger partial charge in [0.05, 0.1) is 22.1 Å². The number of H-pyrrole nitrogens is 2. The second-order valence-corrected chi connectivity index (χ2v) is 5.46. The van der Waals surface area contributed by atoms with E-state index in [9.17, 15) is 0 Å². The lowest BCUT2D eigenvalue weighted by atomic mass is 10.2. The number of aromatic amines is 2. The van der Waals surface area contributed by atoms with Crippen molar-refractivity contribution in [1.82, 2.24) is 19.9 Å². The molecule has 8 nitrogen and oxygen atoms in total. The minimum atomic E-state index is 0.00792. The molecule has 2 aromatic heterocycles. The van der Waals surface area contributed by atoms with E-state index in [0.29, 0.717) is 22.8 Å². The molecular formula is C16H14N8. The first kappa shape index (κ1) is 13.9. The average molecular weight is 318 g/mol. The maximum absolute atomic E-state index is 7.51. The Morgan fingerprint density at radius 3 is 1.54 bits per heavy atom. The van der Waals surface area contributed by atoms with Gasteiger partial charge in [-0.25, -0.2) is 9.97 Å². The van der Waals surface area contributed by atoms with Gasteiger partial charge in [-0.05, 0) is 36.4 Å². The summed E-state index contributed by atoms with van der Waals surface area (Å²) in [5, 5.41) is 15.0.